The topological polar surface area (TPSA) is 21.3 Å². The summed E-state index contributed by atoms with van der Waals surface area (Å²) in [6.07, 6.45) is 11.9. The molecular formula is C17H17NO. The zero-order valence-electron chi connectivity index (χ0n) is 11.0. The quantitative estimate of drug-likeness (QED) is 0.644. The van der Waals surface area contributed by atoms with Gasteiger partial charge in [-0.1, -0.05) is 24.1 Å². The zero-order valence-corrected chi connectivity index (χ0v) is 11.0. The van der Waals surface area contributed by atoms with E-state index in [1.165, 1.54) is 6.42 Å². The minimum Gasteiger partial charge on any atom is -0.382 e. The number of ether oxygens (including phenoxy) is 1. The van der Waals surface area contributed by atoms with Crippen LogP contribution in [-0.2, 0) is 4.74 Å². The Kier molecular flexibility index (Phi) is 2.28. The lowest BCUT2D eigenvalue weighted by atomic mass is 9.64. The SMILES string of the molecule is C#Cc1cc(NC2C[C@@H]3[C@H]2[C@H]2C=C[C@@H]3O2)ccc1C. The van der Waals surface area contributed by atoms with Crippen LogP contribution in [0.2, 0.25) is 0 Å². The van der Waals surface area contributed by atoms with Gasteiger partial charge in [0.2, 0.25) is 0 Å². The summed E-state index contributed by atoms with van der Waals surface area (Å²) in [5, 5.41) is 3.63. The third-order valence-electron chi connectivity index (χ3n) is 4.84. The molecule has 19 heavy (non-hydrogen) atoms. The molecule has 1 saturated heterocycles. The molecule has 1 aromatic carbocycles. The Bertz CT molecular complexity index is 598. The van der Waals surface area contributed by atoms with Crippen LogP contribution in [0.25, 0.3) is 0 Å². The van der Waals surface area contributed by atoms with E-state index >= 15 is 0 Å². The summed E-state index contributed by atoms with van der Waals surface area (Å²) in [4.78, 5) is 0. The fourth-order valence-electron chi connectivity index (χ4n) is 3.73. The Labute approximate surface area is 113 Å². The van der Waals surface area contributed by atoms with Crippen LogP contribution in [-0.4, -0.2) is 18.2 Å². The molecule has 1 unspecified atom stereocenters. The van der Waals surface area contributed by atoms with E-state index in [1.807, 2.05) is 6.92 Å². The van der Waals surface area contributed by atoms with Crippen molar-refractivity contribution in [1.29, 1.82) is 0 Å². The molecule has 0 radical (unpaired) electrons. The average Bonchev–Trinajstić information content (AvgIpc) is 2.94. The van der Waals surface area contributed by atoms with Crippen LogP contribution in [0.4, 0.5) is 5.69 Å². The molecule has 0 aromatic heterocycles. The fraction of sp³-hybridized carbons (Fsp3) is 0.412. The zero-order chi connectivity index (χ0) is 13.0. The summed E-state index contributed by atoms with van der Waals surface area (Å²) in [6, 6.07) is 6.81. The molecule has 1 saturated carbocycles. The highest BCUT2D eigenvalue weighted by Crippen LogP contribution is 2.52. The lowest BCUT2D eigenvalue weighted by molar-refractivity contribution is 0.109. The highest BCUT2D eigenvalue weighted by molar-refractivity contribution is 5.54. The minimum absolute atomic E-state index is 0.332. The summed E-state index contributed by atoms with van der Waals surface area (Å²) in [6.45, 7) is 2.05. The molecule has 2 heteroatoms. The largest absolute Gasteiger partial charge is 0.382 e. The smallest absolute Gasteiger partial charge is 0.0816 e. The first-order valence-electron chi connectivity index (χ1n) is 6.94. The fourth-order valence-corrected chi connectivity index (χ4v) is 3.73. The highest BCUT2D eigenvalue weighted by Gasteiger charge is 2.56. The van der Waals surface area contributed by atoms with Gasteiger partial charge in [0.15, 0.2) is 0 Å². The van der Waals surface area contributed by atoms with Gasteiger partial charge in [-0.25, -0.2) is 0 Å². The number of benzene rings is 1. The third kappa shape index (κ3) is 1.55. The number of anilines is 1. The number of aryl methyl sites for hydroxylation is 1. The second-order valence-corrected chi connectivity index (χ2v) is 5.85. The molecule has 2 fully saturated rings. The van der Waals surface area contributed by atoms with Gasteiger partial charge < -0.3 is 10.1 Å². The number of hydrogen-bond donors (Lipinski definition) is 1. The van der Waals surface area contributed by atoms with Crippen molar-refractivity contribution in [2.75, 3.05) is 5.32 Å². The lowest BCUT2D eigenvalue weighted by Gasteiger charge is -2.44. The molecule has 1 aliphatic carbocycles. The number of fused-ring (bicyclic) bond motifs is 5. The van der Waals surface area contributed by atoms with E-state index in [0.717, 1.165) is 22.7 Å². The molecule has 2 nitrogen and oxygen atoms in total. The standard InChI is InChI=1S/C17H17NO/c1-3-11-8-12(5-4-10(11)2)18-14-9-13-15-6-7-16(19-15)17(13)14/h1,4-8,13-18H,9H2,2H3/t13-,14?,15-,16+,17+/m0/s1. The predicted octanol–water partition coefficient (Wildman–Crippen LogP) is 2.73. The van der Waals surface area contributed by atoms with Crippen molar-refractivity contribution < 1.29 is 4.74 Å². The van der Waals surface area contributed by atoms with Crippen LogP contribution in [0.5, 0.6) is 0 Å². The minimum atomic E-state index is 0.332. The van der Waals surface area contributed by atoms with Crippen LogP contribution >= 0.6 is 0 Å². The van der Waals surface area contributed by atoms with Crippen molar-refractivity contribution in [1.82, 2.24) is 0 Å². The monoisotopic (exact) mass is 251 g/mol. The van der Waals surface area contributed by atoms with Gasteiger partial charge in [-0.05, 0) is 37.0 Å². The van der Waals surface area contributed by atoms with Crippen molar-refractivity contribution in [3.05, 3.63) is 41.5 Å². The molecule has 1 aromatic rings. The van der Waals surface area contributed by atoms with Gasteiger partial charge in [-0.15, -0.1) is 6.42 Å². The molecule has 3 aliphatic rings. The molecule has 4 rings (SSSR count). The number of rotatable bonds is 2. The van der Waals surface area contributed by atoms with Crippen molar-refractivity contribution in [3.8, 4) is 12.3 Å². The van der Waals surface area contributed by atoms with E-state index in [0.29, 0.717) is 24.2 Å². The van der Waals surface area contributed by atoms with Crippen LogP contribution < -0.4 is 5.32 Å². The predicted molar refractivity (Wildman–Crippen MR) is 75.9 cm³/mol. The Hall–Kier alpha value is -1.72. The molecule has 96 valence electrons. The van der Waals surface area contributed by atoms with Gasteiger partial charge >= 0.3 is 0 Å². The Morgan fingerprint density at radius 3 is 2.95 bits per heavy atom. The van der Waals surface area contributed by atoms with E-state index in [4.69, 9.17) is 11.2 Å². The summed E-state index contributed by atoms with van der Waals surface area (Å²) in [5.41, 5.74) is 3.27. The van der Waals surface area contributed by atoms with Gasteiger partial charge in [0.05, 0.1) is 12.2 Å². The molecule has 2 bridgehead atoms. The molecule has 0 spiro atoms. The second kappa shape index (κ2) is 3.88. The maximum atomic E-state index is 5.91. The van der Waals surface area contributed by atoms with Crippen LogP contribution in [0.1, 0.15) is 17.5 Å². The van der Waals surface area contributed by atoms with E-state index in [-0.39, 0.29) is 0 Å². The van der Waals surface area contributed by atoms with Gasteiger partial charge in [-0.2, -0.15) is 0 Å². The summed E-state index contributed by atoms with van der Waals surface area (Å²) in [5.74, 6) is 4.11. The third-order valence-corrected chi connectivity index (χ3v) is 4.84. The maximum absolute atomic E-state index is 5.91. The summed E-state index contributed by atoms with van der Waals surface area (Å²) < 4.78 is 5.91. The molecule has 1 N–H and O–H groups in total. The Morgan fingerprint density at radius 2 is 2.16 bits per heavy atom. The first-order valence-corrected chi connectivity index (χ1v) is 6.94. The average molecular weight is 251 g/mol. The van der Waals surface area contributed by atoms with E-state index in [9.17, 15) is 0 Å². The molecule has 0 amide bonds. The lowest BCUT2D eigenvalue weighted by Crippen LogP contribution is -2.50. The number of nitrogens with one attached hydrogen (secondary N) is 1. The Morgan fingerprint density at radius 1 is 1.32 bits per heavy atom. The Balaban J connectivity index is 1.52. The van der Waals surface area contributed by atoms with E-state index < -0.39 is 0 Å². The molecule has 5 atom stereocenters. The van der Waals surface area contributed by atoms with Gasteiger partial charge in [0.25, 0.3) is 0 Å². The first-order chi connectivity index (χ1) is 9.26. The number of hydrogen-bond acceptors (Lipinski definition) is 2. The van der Waals surface area contributed by atoms with Crippen LogP contribution in [0.3, 0.4) is 0 Å². The second-order valence-electron chi connectivity index (χ2n) is 5.85. The normalized spacial score (nSPS) is 37.6. The van der Waals surface area contributed by atoms with E-state index in [1.54, 1.807) is 0 Å². The maximum Gasteiger partial charge on any atom is 0.0816 e. The van der Waals surface area contributed by atoms with Crippen molar-refractivity contribution in [3.63, 3.8) is 0 Å². The van der Waals surface area contributed by atoms with Crippen LogP contribution in [0.15, 0.2) is 30.4 Å². The van der Waals surface area contributed by atoms with Crippen molar-refractivity contribution in [2.45, 2.75) is 31.6 Å². The molecular weight excluding hydrogens is 234 g/mol. The van der Waals surface area contributed by atoms with E-state index in [2.05, 4.69) is 41.6 Å². The summed E-state index contributed by atoms with van der Waals surface area (Å²) in [7, 11) is 0. The highest BCUT2D eigenvalue weighted by atomic mass is 16.5. The molecule has 2 heterocycles. The van der Waals surface area contributed by atoms with Gasteiger partial charge in [-0.3, -0.25) is 0 Å². The van der Waals surface area contributed by atoms with Gasteiger partial charge in [0, 0.05) is 23.2 Å². The van der Waals surface area contributed by atoms with Gasteiger partial charge in [0.1, 0.15) is 0 Å². The molecule has 2 aliphatic heterocycles. The van der Waals surface area contributed by atoms with Crippen molar-refractivity contribution in [2.24, 2.45) is 11.8 Å². The van der Waals surface area contributed by atoms with Crippen LogP contribution in [0, 0.1) is 31.1 Å². The van der Waals surface area contributed by atoms with Crippen molar-refractivity contribution >= 4 is 5.69 Å². The first kappa shape index (κ1) is 11.1. The summed E-state index contributed by atoms with van der Waals surface area (Å²) >= 11 is 0. The number of terminal acetylenes is 1.